The molecule has 0 saturated carbocycles. The molecule has 0 saturated heterocycles. The van der Waals surface area contributed by atoms with Gasteiger partial charge >= 0.3 is 6.18 Å². The predicted octanol–water partition coefficient (Wildman–Crippen LogP) is 3.70. The fraction of sp³-hybridized carbons (Fsp3) is 0.357. The SMILES string of the molecule is CCNC(C)c1c(F)cccc1-n1ccc(C(F)(F)F)n1. The predicted molar refractivity (Wildman–Crippen MR) is 70.6 cm³/mol. The maximum absolute atomic E-state index is 14.0. The Morgan fingerprint density at radius 3 is 2.57 bits per heavy atom. The number of aromatic nitrogens is 2. The van der Waals surface area contributed by atoms with Crippen LogP contribution in [-0.2, 0) is 6.18 Å². The van der Waals surface area contributed by atoms with Crippen LogP contribution in [0.4, 0.5) is 17.6 Å². The molecule has 0 aliphatic heterocycles. The number of hydrogen-bond donors (Lipinski definition) is 1. The highest BCUT2D eigenvalue weighted by Gasteiger charge is 2.34. The van der Waals surface area contributed by atoms with E-state index in [0.717, 1.165) is 10.7 Å². The van der Waals surface area contributed by atoms with Gasteiger partial charge in [-0.25, -0.2) is 9.07 Å². The lowest BCUT2D eigenvalue weighted by atomic mass is 10.1. The average molecular weight is 301 g/mol. The Bertz CT molecular complexity index is 619. The highest BCUT2D eigenvalue weighted by atomic mass is 19.4. The highest BCUT2D eigenvalue weighted by molar-refractivity contribution is 5.43. The van der Waals surface area contributed by atoms with E-state index < -0.39 is 17.7 Å². The van der Waals surface area contributed by atoms with Gasteiger partial charge in [-0.1, -0.05) is 13.0 Å². The zero-order chi connectivity index (χ0) is 15.6. The van der Waals surface area contributed by atoms with Crippen LogP contribution in [0.1, 0.15) is 31.1 Å². The number of nitrogens with one attached hydrogen (secondary N) is 1. The van der Waals surface area contributed by atoms with Gasteiger partial charge in [0.05, 0.1) is 5.69 Å². The molecule has 0 bridgehead atoms. The topological polar surface area (TPSA) is 29.9 Å². The van der Waals surface area contributed by atoms with Crippen LogP contribution < -0.4 is 5.32 Å². The normalized spacial score (nSPS) is 13.4. The van der Waals surface area contributed by atoms with Gasteiger partial charge in [-0.3, -0.25) is 0 Å². The molecular weight excluding hydrogens is 286 g/mol. The lowest BCUT2D eigenvalue weighted by Gasteiger charge is -2.18. The first kappa shape index (κ1) is 15.5. The van der Waals surface area contributed by atoms with E-state index in [-0.39, 0.29) is 11.6 Å². The fourth-order valence-electron chi connectivity index (χ4n) is 2.17. The van der Waals surface area contributed by atoms with Gasteiger partial charge in [0.2, 0.25) is 0 Å². The summed E-state index contributed by atoms with van der Waals surface area (Å²) in [6.45, 7) is 4.23. The number of halogens is 4. The monoisotopic (exact) mass is 301 g/mol. The first-order valence-electron chi connectivity index (χ1n) is 6.49. The van der Waals surface area contributed by atoms with Crippen molar-refractivity contribution >= 4 is 0 Å². The standard InChI is InChI=1S/C14H15F4N3/c1-3-19-9(2)13-10(15)5-4-6-11(13)21-8-7-12(20-21)14(16,17)18/h4-9,19H,3H2,1-2H3. The largest absolute Gasteiger partial charge is 0.435 e. The molecule has 1 aromatic carbocycles. The van der Waals surface area contributed by atoms with E-state index in [2.05, 4.69) is 10.4 Å². The summed E-state index contributed by atoms with van der Waals surface area (Å²) in [5.74, 6) is -0.481. The zero-order valence-electron chi connectivity index (χ0n) is 11.6. The van der Waals surface area contributed by atoms with Gasteiger partial charge in [0.25, 0.3) is 0 Å². The van der Waals surface area contributed by atoms with Crippen molar-refractivity contribution in [2.24, 2.45) is 0 Å². The summed E-state index contributed by atoms with van der Waals surface area (Å²) >= 11 is 0. The maximum Gasteiger partial charge on any atom is 0.435 e. The minimum Gasteiger partial charge on any atom is -0.310 e. The van der Waals surface area contributed by atoms with Gasteiger partial charge in [-0.15, -0.1) is 0 Å². The molecule has 114 valence electrons. The molecule has 2 rings (SSSR count). The van der Waals surface area contributed by atoms with Gasteiger partial charge < -0.3 is 5.32 Å². The molecular formula is C14H15F4N3. The van der Waals surface area contributed by atoms with E-state index in [0.29, 0.717) is 12.2 Å². The lowest BCUT2D eigenvalue weighted by Crippen LogP contribution is -2.21. The summed E-state index contributed by atoms with van der Waals surface area (Å²) in [6, 6.07) is 4.79. The van der Waals surface area contributed by atoms with Crippen molar-refractivity contribution in [3.63, 3.8) is 0 Å². The highest BCUT2D eigenvalue weighted by Crippen LogP contribution is 2.29. The number of rotatable bonds is 4. The number of hydrogen-bond acceptors (Lipinski definition) is 2. The average Bonchev–Trinajstić information content (AvgIpc) is 2.87. The van der Waals surface area contributed by atoms with Crippen LogP contribution >= 0.6 is 0 Å². The van der Waals surface area contributed by atoms with E-state index in [4.69, 9.17) is 0 Å². The van der Waals surface area contributed by atoms with E-state index >= 15 is 0 Å². The number of alkyl halides is 3. The van der Waals surface area contributed by atoms with Crippen LogP contribution in [0.5, 0.6) is 0 Å². The van der Waals surface area contributed by atoms with Crippen molar-refractivity contribution in [1.82, 2.24) is 15.1 Å². The van der Waals surface area contributed by atoms with Gasteiger partial charge in [-0.05, 0) is 31.7 Å². The van der Waals surface area contributed by atoms with Crippen LogP contribution in [0, 0.1) is 5.82 Å². The van der Waals surface area contributed by atoms with Crippen LogP contribution in [-0.4, -0.2) is 16.3 Å². The Kier molecular flexibility index (Phi) is 4.32. The second-order valence-electron chi connectivity index (χ2n) is 4.60. The first-order chi connectivity index (χ1) is 9.84. The van der Waals surface area contributed by atoms with Crippen molar-refractivity contribution in [1.29, 1.82) is 0 Å². The molecule has 0 spiro atoms. The summed E-state index contributed by atoms with van der Waals surface area (Å²) in [6.07, 6.45) is -3.34. The minimum atomic E-state index is -4.52. The Hall–Kier alpha value is -1.89. The molecule has 21 heavy (non-hydrogen) atoms. The molecule has 2 aromatic rings. The zero-order valence-corrected chi connectivity index (χ0v) is 11.6. The van der Waals surface area contributed by atoms with Crippen molar-refractivity contribution < 1.29 is 17.6 Å². The van der Waals surface area contributed by atoms with Gasteiger partial charge in [0.15, 0.2) is 5.69 Å². The van der Waals surface area contributed by atoms with Gasteiger partial charge in [0.1, 0.15) is 5.82 Å². The van der Waals surface area contributed by atoms with E-state index in [1.807, 2.05) is 6.92 Å². The van der Waals surface area contributed by atoms with Crippen LogP contribution in [0.2, 0.25) is 0 Å². The Labute approximate surface area is 119 Å². The van der Waals surface area contributed by atoms with E-state index in [1.54, 1.807) is 13.0 Å². The molecule has 1 heterocycles. The van der Waals surface area contributed by atoms with Crippen molar-refractivity contribution in [2.45, 2.75) is 26.1 Å². The molecule has 0 fully saturated rings. The van der Waals surface area contributed by atoms with Gasteiger partial charge in [0, 0.05) is 17.8 Å². The Morgan fingerprint density at radius 2 is 2.00 bits per heavy atom. The summed E-state index contributed by atoms with van der Waals surface area (Å²) in [5, 5.41) is 6.54. The van der Waals surface area contributed by atoms with Crippen LogP contribution in [0.25, 0.3) is 5.69 Å². The summed E-state index contributed by atoms with van der Waals surface area (Å²) in [5.41, 5.74) is -0.427. The molecule has 0 aliphatic carbocycles. The van der Waals surface area contributed by atoms with E-state index in [1.165, 1.54) is 18.3 Å². The summed E-state index contributed by atoms with van der Waals surface area (Å²) in [7, 11) is 0. The molecule has 3 nitrogen and oxygen atoms in total. The molecule has 0 aliphatic rings. The van der Waals surface area contributed by atoms with Crippen molar-refractivity contribution in [2.75, 3.05) is 6.54 Å². The molecule has 1 unspecified atom stereocenters. The second kappa shape index (κ2) is 5.85. The smallest absolute Gasteiger partial charge is 0.310 e. The van der Waals surface area contributed by atoms with E-state index in [9.17, 15) is 17.6 Å². The third kappa shape index (κ3) is 3.24. The Balaban J connectivity index is 2.49. The van der Waals surface area contributed by atoms with Crippen molar-refractivity contribution in [3.05, 3.63) is 47.5 Å². The van der Waals surface area contributed by atoms with Crippen LogP contribution in [0.15, 0.2) is 30.5 Å². The fourth-order valence-corrected chi connectivity index (χ4v) is 2.17. The third-order valence-electron chi connectivity index (χ3n) is 3.10. The second-order valence-corrected chi connectivity index (χ2v) is 4.60. The molecule has 1 atom stereocenters. The number of benzene rings is 1. The number of nitrogens with zero attached hydrogens (tertiary/aromatic N) is 2. The van der Waals surface area contributed by atoms with Crippen molar-refractivity contribution in [3.8, 4) is 5.69 Å². The minimum absolute atomic E-state index is 0.288. The first-order valence-corrected chi connectivity index (χ1v) is 6.49. The third-order valence-corrected chi connectivity index (χ3v) is 3.10. The lowest BCUT2D eigenvalue weighted by molar-refractivity contribution is -0.141. The quantitative estimate of drug-likeness (QED) is 0.873. The molecule has 7 heteroatoms. The summed E-state index contributed by atoms with van der Waals surface area (Å²) < 4.78 is 52.9. The molecule has 1 N–H and O–H groups in total. The molecule has 0 amide bonds. The maximum atomic E-state index is 14.0. The van der Waals surface area contributed by atoms with Crippen LogP contribution in [0.3, 0.4) is 0 Å². The molecule has 1 aromatic heterocycles. The molecule has 0 radical (unpaired) electrons. The van der Waals surface area contributed by atoms with Gasteiger partial charge in [-0.2, -0.15) is 18.3 Å². The summed E-state index contributed by atoms with van der Waals surface area (Å²) in [4.78, 5) is 0. The Morgan fingerprint density at radius 1 is 1.29 bits per heavy atom.